The fraction of sp³-hybridized carbons (Fsp3) is 0. The van der Waals surface area contributed by atoms with E-state index >= 15 is 4.57 Å². The summed E-state index contributed by atoms with van der Waals surface area (Å²) in [5.74, 6) is 0. The molecule has 11 rings (SSSR count). The van der Waals surface area contributed by atoms with E-state index in [9.17, 15) is 0 Å². The first-order valence-corrected chi connectivity index (χ1v) is 20.1. The Hall–Kier alpha value is -6.60. The summed E-state index contributed by atoms with van der Waals surface area (Å²) in [6.45, 7) is 0. The maximum absolute atomic E-state index is 16.3. The number of nitrogens with zero attached hydrogens (tertiary/aromatic N) is 1. The van der Waals surface area contributed by atoms with E-state index in [2.05, 4.69) is 133 Å². The van der Waals surface area contributed by atoms with Gasteiger partial charge in [0.25, 0.3) is 0 Å². The van der Waals surface area contributed by atoms with E-state index in [0.717, 1.165) is 65.0 Å². The third kappa shape index (κ3) is 4.35. The molecule has 0 radical (unpaired) electrons. The second-order valence-electron chi connectivity index (χ2n) is 14.1. The van der Waals surface area contributed by atoms with Gasteiger partial charge in [0.05, 0.1) is 11.2 Å². The molecule has 0 fully saturated rings. The number of pyridine rings is 1. The van der Waals surface area contributed by atoms with Crippen LogP contribution in [0.25, 0.3) is 86.8 Å². The van der Waals surface area contributed by atoms with Gasteiger partial charge in [-0.15, -0.1) is 0 Å². The highest BCUT2D eigenvalue weighted by Gasteiger charge is 2.34. The molecule has 54 heavy (non-hydrogen) atoms. The van der Waals surface area contributed by atoms with Crippen LogP contribution >= 0.6 is 7.14 Å². The summed E-state index contributed by atoms with van der Waals surface area (Å²) in [6, 6.07) is 67.7. The molecule has 0 N–H and O–H groups in total. The largest absolute Gasteiger partial charge is 0.309 e. The van der Waals surface area contributed by atoms with Crippen molar-refractivity contribution in [2.45, 2.75) is 0 Å². The number of rotatable bonds is 4. The zero-order valence-electron chi connectivity index (χ0n) is 29.3. The number of hydrogen-bond donors (Lipinski definition) is 0. The SMILES string of the molecule is O=P(c1ccccc1)(c1ccccc1)c1c2ccccc2c(-c2nc3ccc4ccccc4c3c3c4ccccc4c4ccccc4c23)c2ccccc12. The average molecular weight is 706 g/mol. The van der Waals surface area contributed by atoms with E-state index in [1.165, 1.54) is 37.7 Å². The van der Waals surface area contributed by atoms with Crippen molar-refractivity contribution < 1.29 is 4.57 Å². The van der Waals surface area contributed by atoms with Crippen molar-refractivity contribution in [1.82, 2.24) is 4.98 Å². The lowest BCUT2D eigenvalue weighted by Gasteiger charge is -2.26. The van der Waals surface area contributed by atoms with Gasteiger partial charge in [-0.3, -0.25) is 0 Å². The van der Waals surface area contributed by atoms with Crippen molar-refractivity contribution in [1.29, 1.82) is 0 Å². The predicted molar refractivity (Wildman–Crippen MR) is 232 cm³/mol. The Balaban J connectivity index is 1.40. The summed E-state index contributed by atoms with van der Waals surface area (Å²) in [7, 11) is -3.39. The molecule has 1 heterocycles. The standard InChI is InChI=1S/C51H32NOP/c53-54(34-18-3-1-4-19-34,35-20-5-2-6-21-35)51-43-29-15-13-27-41(43)46(42-28-14-16-30-44(42)51)50-49-40-26-12-10-24-38(40)37-23-9-11-25-39(37)48(49)47-36-22-8-7-17-33(36)31-32-45(47)52-50/h1-32H. The topological polar surface area (TPSA) is 30.0 Å². The molecule has 0 atom stereocenters. The molecule has 3 heteroatoms. The van der Waals surface area contributed by atoms with Gasteiger partial charge in [-0.05, 0) is 59.9 Å². The van der Waals surface area contributed by atoms with Gasteiger partial charge in [0.1, 0.15) is 0 Å². The number of aromatic nitrogens is 1. The van der Waals surface area contributed by atoms with Crippen LogP contribution < -0.4 is 15.9 Å². The van der Waals surface area contributed by atoms with Gasteiger partial charge in [-0.25, -0.2) is 4.98 Å². The van der Waals surface area contributed by atoms with Crippen molar-refractivity contribution in [3.05, 3.63) is 194 Å². The predicted octanol–water partition coefficient (Wildman–Crippen LogP) is 12.5. The molecule has 1 aromatic heterocycles. The first-order chi connectivity index (χ1) is 26.7. The number of hydrogen-bond acceptors (Lipinski definition) is 2. The van der Waals surface area contributed by atoms with Crippen molar-refractivity contribution in [2.24, 2.45) is 0 Å². The van der Waals surface area contributed by atoms with Gasteiger partial charge >= 0.3 is 0 Å². The summed E-state index contributed by atoms with van der Waals surface area (Å²) in [5.41, 5.74) is 2.94. The van der Waals surface area contributed by atoms with Gasteiger partial charge in [0.15, 0.2) is 7.14 Å². The zero-order chi connectivity index (χ0) is 35.8. The Morgan fingerprint density at radius 3 is 1.31 bits per heavy atom. The molecule has 0 unspecified atom stereocenters. The Labute approximate surface area is 312 Å². The first kappa shape index (κ1) is 31.0. The molecule has 0 saturated heterocycles. The van der Waals surface area contributed by atoms with E-state index in [1.807, 2.05) is 60.7 Å². The van der Waals surface area contributed by atoms with Crippen LogP contribution in [0.2, 0.25) is 0 Å². The highest BCUT2D eigenvalue weighted by Crippen LogP contribution is 2.51. The van der Waals surface area contributed by atoms with Crippen LogP contribution in [-0.2, 0) is 4.57 Å². The van der Waals surface area contributed by atoms with Gasteiger partial charge < -0.3 is 4.57 Å². The average Bonchev–Trinajstić information content (AvgIpc) is 3.25. The van der Waals surface area contributed by atoms with E-state index in [4.69, 9.17) is 4.98 Å². The van der Waals surface area contributed by atoms with Gasteiger partial charge in [-0.1, -0.05) is 188 Å². The quantitative estimate of drug-likeness (QED) is 0.104. The van der Waals surface area contributed by atoms with E-state index < -0.39 is 7.14 Å². The normalized spacial score (nSPS) is 12.1. The van der Waals surface area contributed by atoms with Crippen LogP contribution in [0.3, 0.4) is 0 Å². The monoisotopic (exact) mass is 705 g/mol. The molecule has 10 aromatic carbocycles. The third-order valence-electron chi connectivity index (χ3n) is 11.3. The Morgan fingerprint density at radius 1 is 0.333 bits per heavy atom. The van der Waals surface area contributed by atoms with Crippen molar-refractivity contribution in [3.8, 4) is 11.3 Å². The van der Waals surface area contributed by atoms with E-state index in [-0.39, 0.29) is 0 Å². The maximum Gasteiger partial charge on any atom is 0.172 e. The molecule has 0 aliphatic carbocycles. The molecular weight excluding hydrogens is 674 g/mol. The molecule has 0 spiro atoms. The molecule has 0 aliphatic heterocycles. The van der Waals surface area contributed by atoms with Gasteiger partial charge in [-0.2, -0.15) is 0 Å². The maximum atomic E-state index is 16.3. The van der Waals surface area contributed by atoms with Crippen LogP contribution in [0.5, 0.6) is 0 Å². The van der Waals surface area contributed by atoms with Gasteiger partial charge in [0.2, 0.25) is 0 Å². The minimum atomic E-state index is -3.39. The minimum absolute atomic E-state index is 0.817. The number of benzene rings is 10. The Morgan fingerprint density at radius 2 is 0.759 bits per heavy atom. The fourth-order valence-corrected chi connectivity index (χ4v) is 12.1. The van der Waals surface area contributed by atoms with E-state index in [1.54, 1.807) is 0 Å². The first-order valence-electron chi connectivity index (χ1n) is 18.4. The minimum Gasteiger partial charge on any atom is -0.309 e. The Kier molecular flexibility index (Phi) is 6.86. The van der Waals surface area contributed by atoms with Crippen LogP contribution in [0.1, 0.15) is 0 Å². The zero-order valence-corrected chi connectivity index (χ0v) is 30.2. The molecule has 11 aromatic rings. The van der Waals surface area contributed by atoms with Gasteiger partial charge in [0, 0.05) is 37.6 Å². The second-order valence-corrected chi connectivity index (χ2v) is 16.8. The molecule has 0 amide bonds. The van der Waals surface area contributed by atoms with E-state index in [0.29, 0.717) is 0 Å². The van der Waals surface area contributed by atoms with Crippen LogP contribution in [-0.4, -0.2) is 4.98 Å². The molecule has 0 bridgehead atoms. The van der Waals surface area contributed by atoms with Crippen molar-refractivity contribution >= 4 is 98.6 Å². The van der Waals surface area contributed by atoms with Crippen LogP contribution in [0, 0.1) is 0 Å². The Bertz CT molecular complexity index is 3250. The molecular formula is C51H32NOP. The van der Waals surface area contributed by atoms with Crippen LogP contribution in [0.15, 0.2) is 194 Å². The lowest BCUT2D eigenvalue weighted by Crippen LogP contribution is -2.26. The second kappa shape index (κ2) is 12.0. The highest BCUT2D eigenvalue weighted by molar-refractivity contribution is 7.86. The molecule has 0 aliphatic rings. The highest BCUT2D eigenvalue weighted by atomic mass is 31.2. The summed E-state index contributed by atoms with van der Waals surface area (Å²) < 4.78 is 16.3. The lowest BCUT2D eigenvalue weighted by atomic mass is 9.86. The summed E-state index contributed by atoms with van der Waals surface area (Å²) >= 11 is 0. The summed E-state index contributed by atoms with van der Waals surface area (Å²) in [6.07, 6.45) is 0. The molecule has 252 valence electrons. The lowest BCUT2D eigenvalue weighted by molar-refractivity contribution is 0.593. The fourth-order valence-electron chi connectivity index (χ4n) is 9.00. The van der Waals surface area contributed by atoms with Crippen molar-refractivity contribution in [2.75, 3.05) is 0 Å². The van der Waals surface area contributed by atoms with Crippen LogP contribution in [0.4, 0.5) is 0 Å². The summed E-state index contributed by atoms with van der Waals surface area (Å²) in [5, 5.41) is 17.2. The molecule has 0 saturated carbocycles. The summed E-state index contributed by atoms with van der Waals surface area (Å²) in [4.78, 5) is 5.72. The smallest absolute Gasteiger partial charge is 0.172 e. The number of fused-ring (bicyclic) bond motifs is 12. The molecule has 2 nitrogen and oxygen atoms in total. The third-order valence-corrected chi connectivity index (χ3v) is 14.4. The van der Waals surface area contributed by atoms with Crippen molar-refractivity contribution in [3.63, 3.8) is 0 Å².